The molecule has 0 aliphatic heterocycles. The maximum Gasteiger partial charge on any atom is 0.238 e. The van der Waals surface area contributed by atoms with Gasteiger partial charge < -0.3 is 5.32 Å². The maximum absolute atomic E-state index is 11.8. The highest BCUT2D eigenvalue weighted by Gasteiger charge is 2.03. The third-order valence-corrected chi connectivity index (χ3v) is 3.62. The van der Waals surface area contributed by atoms with Gasteiger partial charge in [-0.1, -0.05) is 60.2 Å². The molecule has 1 amide bonds. The van der Waals surface area contributed by atoms with Crippen molar-refractivity contribution in [1.29, 1.82) is 0 Å². The highest BCUT2D eigenvalue weighted by Crippen LogP contribution is 2.03. The van der Waals surface area contributed by atoms with Gasteiger partial charge in [-0.3, -0.25) is 15.6 Å². The van der Waals surface area contributed by atoms with Gasteiger partial charge in [0.25, 0.3) is 0 Å². The first-order valence-electron chi connectivity index (χ1n) is 7.55. The Hall–Kier alpha value is -2.40. The van der Waals surface area contributed by atoms with Crippen molar-refractivity contribution in [1.82, 2.24) is 16.2 Å². The molecule has 0 saturated heterocycles. The molecule has 0 heterocycles. The minimum absolute atomic E-state index is 0.0895. The Morgan fingerprint density at radius 3 is 2.35 bits per heavy atom. The second-order valence-electron chi connectivity index (χ2n) is 5.33. The zero-order valence-electron chi connectivity index (χ0n) is 13.1. The van der Waals surface area contributed by atoms with E-state index in [9.17, 15) is 4.79 Å². The van der Waals surface area contributed by atoms with Crippen molar-refractivity contribution in [2.24, 2.45) is 0 Å². The smallest absolute Gasteiger partial charge is 0.238 e. The molecule has 0 aromatic heterocycles. The van der Waals surface area contributed by atoms with E-state index in [0.717, 1.165) is 11.1 Å². The van der Waals surface area contributed by atoms with E-state index in [0.29, 0.717) is 24.5 Å². The predicted octanol–water partition coefficient (Wildman–Crippen LogP) is 2.62. The van der Waals surface area contributed by atoms with Crippen molar-refractivity contribution in [2.45, 2.75) is 26.3 Å². The summed E-state index contributed by atoms with van der Waals surface area (Å²) in [5.41, 5.74) is 8.82. The first-order chi connectivity index (χ1) is 11.1. The Morgan fingerprint density at radius 2 is 1.65 bits per heavy atom. The molecule has 0 fully saturated rings. The number of hydrogen-bond acceptors (Lipinski definition) is 2. The monoisotopic (exact) mass is 327 g/mol. The van der Waals surface area contributed by atoms with Gasteiger partial charge in [0, 0.05) is 13.0 Å². The van der Waals surface area contributed by atoms with Gasteiger partial charge in [0.1, 0.15) is 0 Å². The number of nitrogens with one attached hydrogen (secondary N) is 3. The number of benzene rings is 2. The SMILES string of the molecule is Cc1ccc(CNC(=S)NNC(=O)CCc2ccccc2)cc1. The molecule has 3 N–H and O–H groups in total. The number of amides is 1. The van der Waals surface area contributed by atoms with Gasteiger partial charge in [0.2, 0.25) is 5.91 Å². The molecule has 4 nitrogen and oxygen atoms in total. The highest BCUT2D eigenvalue weighted by atomic mass is 32.1. The molecule has 2 aromatic carbocycles. The van der Waals surface area contributed by atoms with Crippen LogP contribution in [-0.4, -0.2) is 11.0 Å². The van der Waals surface area contributed by atoms with E-state index in [1.165, 1.54) is 5.56 Å². The first kappa shape index (κ1) is 17.0. The Morgan fingerprint density at radius 1 is 0.957 bits per heavy atom. The Labute approximate surface area is 142 Å². The fraction of sp³-hybridized carbons (Fsp3) is 0.222. The molecule has 2 aromatic rings. The van der Waals surface area contributed by atoms with Crippen LogP contribution in [0.15, 0.2) is 54.6 Å². The number of carbonyl (C=O) groups is 1. The van der Waals surface area contributed by atoms with Crippen molar-refractivity contribution in [2.75, 3.05) is 0 Å². The van der Waals surface area contributed by atoms with Gasteiger partial charge in [-0.05, 0) is 36.7 Å². The minimum atomic E-state index is -0.0895. The normalized spacial score (nSPS) is 9.96. The van der Waals surface area contributed by atoms with E-state index >= 15 is 0 Å². The second-order valence-corrected chi connectivity index (χ2v) is 5.74. The molecule has 23 heavy (non-hydrogen) atoms. The van der Waals surface area contributed by atoms with Crippen LogP contribution >= 0.6 is 12.2 Å². The van der Waals surface area contributed by atoms with Crippen LogP contribution < -0.4 is 16.2 Å². The van der Waals surface area contributed by atoms with E-state index in [1.807, 2.05) is 49.4 Å². The number of aryl methyl sites for hydroxylation is 2. The minimum Gasteiger partial charge on any atom is -0.357 e. The van der Waals surface area contributed by atoms with Crippen molar-refractivity contribution in [3.05, 3.63) is 71.3 Å². The van der Waals surface area contributed by atoms with E-state index in [4.69, 9.17) is 12.2 Å². The lowest BCUT2D eigenvalue weighted by atomic mass is 10.1. The van der Waals surface area contributed by atoms with Gasteiger partial charge in [-0.15, -0.1) is 0 Å². The van der Waals surface area contributed by atoms with Crippen LogP contribution in [0.25, 0.3) is 0 Å². The van der Waals surface area contributed by atoms with Crippen molar-refractivity contribution in [3.8, 4) is 0 Å². The van der Waals surface area contributed by atoms with E-state index in [2.05, 4.69) is 28.3 Å². The summed E-state index contributed by atoms with van der Waals surface area (Å²) >= 11 is 5.14. The van der Waals surface area contributed by atoms with Gasteiger partial charge >= 0.3 is 0 Å². The van der Waals surface area contributed by atoms with Crippen molar-refractivity contribution < 1.29 is 4.79 Å². The summed E-state index contributed by atoms with van der Waals surface area (Å²) in [6, 6.07) is 18.1. The summed E-state index contributed by atoms with van der Waals surface area (Å²) < 4.78 is 0. The van der Waals surface area contributed by atoms with E-state index < -0.39 is 0 Å². The summed E-state index contributed by atoms with van der Waals surface area (Å²) in [6.45, 7) is 2.67. The van der Waals surface area contributed by atoms with Gasteiger partial charge in [-0.25, -0.2) is 0 Å². The van der Waals surface area contributed by atoms with Crippen molar-refractivity contribution >= 4 is 23.2 Å². The van der Waals surface area contributed by atoms with Crippen LogP contribution in [0.1, 0.15) is 23.1 Å². The molecule has 0 spiro atoms. The number of carbonyl (C=O) groups excluding carboxylic acids is 1. The maximum atomic E-state index is 11.8. The standard InChI is InChI=1S/C18H21N3OS/c1-14-7-9-16(10-8-14)13-19-18(23)21-20-17(22)12-11-15-5-3-2-4-6-15/h2-10H,11-13H2,1H3,(H,20,22)(H2,19,21,23). The molecule has 0 saturated carbocycles. The van der Waals surface area contributed by atoms with Crippen LogP contribution in [0.5, 0.6) is 0 Å². The zero-order chi connectivity index (χ0) is 16.5. The summed E-state index contributed by atoms with van der Waals surface area (Å²) in [5.74, 6) is -0.0895. The molecule has 0 aliphatic carbocycles. The molecule has 5 heteroatoms. The molecule has 2 rings (SSSR count). The highest BCUT2D eigenvalue weighted by molar-refractivity contribution is 7.80. The third-order valence-electron chi connectivity index (χ3n) is 3.37. The van der Waals surface area contributed by atoms with Gasteiger partial charge in [0.15, 0.2) is 5.11 Å². The van der Waals surface area contributed by atoms with Gasteiger partial charge in [0.05, 0.1) is 0 Å². The van der Waals surface area contributed by atoms with Crippen LogP contribution in [-0.2, 0) is 17.8 Å². The topological polar surface area (TPSA) is 53.2 Å². The zero-order valence-corrected chi connectivity index (χ0v) is 14.0. The first-order valence-corrected chi connectivity index (χ1v) is 7.96. The summed E-state index contributed by atoms with van der Waals surface area (Å²) in [6.07, 6.45) is 1.12. The number of hydrazine groups is 1. The molecule has 0 atom stereocenters. The molecule has 0 radical (unpaired) electrons. The summed E-state index contributed by atoms with van der Waals surface area (Å²) in [7, 11) is 0. The molecular weight excluding hydrogens is 306 g/mol. The van der Waals surface area contributed by atoms with Crippen LogP contribution in [0.3, 0.4) is 0 Å². The van der Waals surface area contributed by atoms with Crippen LogP contribution in [0.4, 0.5) is 0 Å². The van der Waals surface area contributed by atoms with Crippen LogP contribution in [0, 0.1) is 6.92 Å². The third kappa shape index (κ3) is 6.48. The molecular formula is C18H21N3OS. The predicted molar refractivity (Wildman–Crippen MR) is 96.7 cm³/mol. The molecule has 0 aliphatic rings. The summed E-state index contributed by atoms with van der Waals surface area (Å²) in [4.78, 5) is 11.8. The molecule has 0 bridgehead atoms. The Balaban J connectivity index is 1.63. The lowest BCUT2D eigenvalue weighted by Gasteiger charge is -2.11. The fourth-order valence-electron chi connectivity index (χ4n) is 2.02. The lowest BCUT2D eigenvalue weighted by molar-refractivity contribution is -0.121. The molecule has 120 valence electrons. The number of rotatable bonds is 5. The van der Waals surface area contributed by atoms with Crippen LogP contribution in [0.2, 0.25) is 0 Å². The average molecular weight is 327 g/mol. The largest absolute Gasteiger partial charge is 0.357 e. The summed E-state index contributed by atoms with van der Waals surface area (Å²) in [5, 5.41) is 3.45. The average Bonchev–Trinajstić information content (AvgIpc) is 2.58. The Bertz CT molecular complexity index is 641. The Kier molecular flexibility index (Phi) is 6.56. The van der Waals surface area contributed by atoms with E-state index in [-0.39, 0.29) is 5.91 Å². The number of thiocarbonyl (C=S) groups is 1. The van der Waals surface area contributed by atoms with Gasteiger partial charge in [-0.2, -0.15) is 0 Å². The number of hydrogen-bond donors (Lipinski definition) is 3. The lowest BCUT2D eigenvalue weighted by Crippen LogP contribution is -2.46. The van der Waals surface area contributed by atoms with E-state index in [1.54, 1.807) is 0 Å². The second kappa shape index (κ2) is 8.90. The fourth-order valence-corrected chi connectivity index (χ4v) is 2.15. The quantitative estimate of drug-likeness (QED) is 0.584. The molecule has 0 unspecified atom stereocenters. The van der Waals surface area contributed by atoms with Crippen molar-refractivity contribution in [3.63, 3.8) is 0 Å².